The van der Waals surface area contributed by atoms with Gasteiger partial charge in [-0.1, -0.05) is 20.8 Å². The molecule has 1 saturated carbocycles. The zero-order valence-corrected chi connectivity index (χ0v) is 13.4. The number of hydrogen-bond donors (Lipinski definition) is 1. The van der Waals surface area contributed by atoms with Crippen LogP contribution in [0.3, 0.4) is 0 Å². The lowest BCUT2D eigenvalue weighted by atomic mass is 9.63. The van der Waals surface area contributed by atoms with E-state index in [-0.39, 0.29) is 5.54 Å². The fourth-order valence-corrected chi connectivity index (χ4v) is 4.79. The van der Waals surface area contributed by atoms with Crippen molar-refractivity contribution in [3.8, 4) is 0 Å². The average molecular weight is 268 g/mol. The Morgan fingerprint density at radius 1 is 1.11 bits per heavy atom. The van der Waals surface area contributed by atoms with Gasteiger partial charge < -0.3 is 10.5 Å². The molecule has 1 heterocycles. The van der Waals surface area contributed by atoms with Crippen LogP contribution < -0.4 is 5.73 Å². The van der Waals surface area contributed by atoms with E-state index in [0.717, 1.165) is 25.6 Å². The maximum absolute atomic E-state index is 6.26. The summed E-state index contributed by atoms with van der Waals surface area (Å²) in [7, 11) is 0. The van der Waals surface area contributed by atoms with E-state index < -0.39 is 0 Å². The molecule has 112 valence electrons. The average Bonchev–Trinajstić information content (AvgIpc) is 2.24. The maximum atomic E-state index is 6.26. The molecule has 2 fully saturated rings. The summed E-state index contributed by atoms with van der Waals surface area (Å²) in [6.07, 6.45) is 4.44. The molecule has 1 saturated heterocycles. The van der Waals surface area contributed by atoms with Crippen LogP contribution in [0.25, 0.3) is 0 Å². The second kappa shape index (κ2) is 5.34. The molecule has 1 aliphatic heterocycles. The molecular formula is C16H32N2O. The predicted molar refractivity (Wildman–Crippen MR) is 80.2 cm³/mol. The Balaban J connectivity index is 2.21. The molecule has 2 N–H and O–H groups in total. The lowest BCUT2D eigenvalue weighted by Gasteiger charge is -2.55. The first kappa shape index (κ1) is 15.3. The second-order valence-corrected chi connectivity index (χ2v) is 7.95. The lowest BCUT2D eigenvalue weighted by molar-refractivity contribution is -0.122. The summed E-state index contributed by atoms with van der Waals surface area (Å²) >= 11 is 0. The van der Waals surface area contributed by atoms with E-state index in [1.807, 2.05) is 0 Å². The molecule has 1 aliphatic carbocycles. The van der Waals surface area contributed by atoms with Crippen LogP contribution in [-0.4, -0.2) is 42.3 Å². The van der Waals surface area contributed by atoms with E-state index in [2.05, 4.69) is 39.5 Å². The van der Waals surface area contributed by atoms with Crippen LogP contribution in [0.4, 0.5) is 0 Å². The summed E-state index contributed by atoms with van der Waals surface area (Å²) in [6.45, 7) is 14.4. The highest BCUT2D eigenvalue weighted by atomic mass is 16.5. The van der Waals surface area contributed by atoms with Crippen molar-refractivity contribution >= 4 is 0 Å². The monoisotopic (exact) mass is 268 g/mol. The molecule has 4 atom stereocenters. The molecule has 2 aliphatic rings. The first-order valence-corrected chi connectivity index (χ1v) is 7.87. The molecule has 2 unspecified atom stereocenters. The molecule has 19 heavy (non-hydrogen) atoms. The van der Waals surface area contributed by atoms with Gasteiger partial charge >= 0.3 is 0 Å². The third-order valence-electron chi connectivity index (χ3n) is 4.91. The van der Waals surface area contributed by atoms with E-state index in [4.69, 9.17) is 10.5 Å². The fourth-order valence-electron chi connectivity index (χ4n) is 4.79. The van der Waals surface area contributed by atoms with Crippen molar-refractivity contribution in [2.45, 2.75) is 71.6 Å². The number of rotatable bonds is 2. The number of morpholine rings is 1. The Kier molecular flexibility index (Phi) is 4.29. The van der Waals surface area contributed by atoms with Crippen LogP contribution in [0, 0.1) is 11.3 Å². The smallest absolute Gasteiger partial charge is 0.0678 e. The lowest BCUT2D eigenvalue weighted by Crippen LogP contribution is -2.63. The van der Waals surface area contributed by atoms with Gasteiger partial charge in [0.2, 0.25) is 0 Å². The van der Waals surface area contributed by atoms with E-state index >= 15 is 0 Å². The van der Waals surface area contributed by atoms with Gasteiger partial charge in [-0.15, -0.1) is 0 Å². The van der Waals surface area contributed by atoms with Crippen molar-refractivity contribution in [3.05, 3.63) is 0 Å². The molecular weight excluding hydrogens is 236 g/mol. The summed E-state index contributed by atoms with van der Waals surface area (Å²) in [5.74, 6) is 0.765. The van der Waals surface area contributed by atoms with Gasteiger partial charge in [0.15, 0.2) is 0 Å². The van der Waals surface area contributed by atoms with Crippen LogP contribution in [0.1, 0.15) is 53.9 Å². The normalized spacial score (nSPS) is 44.2. The quantitative estimate of drug-likeness (QED) is 0.837. The highest BCUT2D eigenvalue weighted by Gasteiger charge is 2.47. The number of hydrogen-bond acceptors (Lipinski definition) is 3. The Morgan fingerprint density at radius 3 is 2.16 bits per heavy atom. The summed E-state index contributed by atoms with van der Waals surface area (Å²) in [6, 6.07) is 0. The first-order chi connectivity index (χ1) is 8.76. The summed E-state index contributed by atoms with van der Waals surface area (Å²) < 4.78 is 5.89. The van der Waals surface area contributed by atoms with Crippen LogP contribution in [0.5, 0.6) is 0 Å². The standard InChI is InChI=1S/C16H32N2O/c1-12-6-15(4,5)10-16(7-12,11-17)18-8-13(2)19-14(3)9-18/h12-14H,6-11,17H2,1-5H3/t12?,13-,14+,16?. The van der Waals surface area contributed by atoms with Gasteiger partial charge in [-0.05, 0) is 44.4 Å². The molecule has 0 radical (unpaired) electrons. The fraction of sp³-hybridized carbons (Fsp3) is 1.00. The van der Waals surface area contributed by atoms with Gasteiger partial charge in [0, 0.05) is 25.2 Å². The molecule has 0 aromatic carbocycles. The van der Waals surface area contributed by atoms with Gasteiger partial charge in [-0.25, -0.2) is 0 Å². The van der Waals surface area contributed by atoms with Crippen LogP contribution in [-0.2, 0) is 4.74 Å². The largest absolute Gasteiger partial charge is 0.373 e. The minimum absolute atomic E-state index is 0.188. The molecule has 0 bridgehead atoms. The summed E-state index contributed by atoms with van der Waals surface area (Å²) in [5, 5.41) is 0. The summed E-state index contributed by atoms with van der Waals surface area (Å²) in [4.78, 5) is 2.64. The Morgan fingerprint density at radius 2 is 1.68 bits per heavy atom. The molecule has 0 aromatic rings. The molecule has 3 heteroatoms. The first-order valence-electron chi connectivity index (χ1n) is 7.87. The van der Waals surface area contributed by atoms with Crippen molar-refractivity contribution in [3.63, 3.8) is 0 Å². The molecule has 0 aromatic heterocycles. The Hall–Kier alpha value is -0.120. The SMILES string of the molecule is CC1CC(C)(C)CC(CN)(N2C[C@@H](C)O[C@@H](C)C2)C1. The van der Waals surface area contributed by atoms with E-state index in [1.165, 1.54) is 19.3 Å². The topological polar surface area (TPSA) is 38.5 Å². The van der Waals surface area contributed by atoms with Crippen LogP contribution in [0.15, 0.2) is 0 Å². The number of nitrogens with zero attached hydrogens (tertiary/aromatic N) is 1. The van der Waals surface area contributed by atoms with E-state index in [9.17, 15) is 0 Å². The number of ether oxygens (including phenoxy) is 1. The minimum Gasteiger partial charge on any atom is -0.373 e. The van der Waals surface area contributed by atoms with E-state index in [1.54, 1.807) is 0 Å². The molecule has 3 nitrogen and oxygen atoms in total. The van der Waals surface area contributed by atoms with Crippen molar-refractivity contribution < 1.29 is 4.74 Å². The third kappa shape index (κ3) is 3.32. The van der Waals surface area contributed by atoms with E-state index in [0.29, 0.717) is 17.6 Å². The third-order valence-corrected chi connectivity index (χ3v) is 4.91. The zero-order valence-electron chi connectivity index (χ0n) is 13.4. The van der Waals surface area contributed by atoms with Crippen LogP contribution >= 0.6 is 0 Å². The predicted octanol–water partition coefficient (Wildman–Crippen LogP) is 2.64. The maximum Gasteiger partial charge on any atom is 0.0678 e. The Bertz CT molecular complexity index is 308. The van der Waals surface area contributed by atoms with Crippen molar-refractivity contribution in [1.82, 2.24) is 4.90 Å². The van der Waals surface area contributed by atoms with Crippen LogP contribution in [0.2, 0.25) is 0 Å². The van der Waals surface area contributed by atoms with Crippen molar-refractivity contribution in [2.75, 3.05) is 19.6 Å². The minimum atomic E-state index is 0.188. The number of nitrogens with two attached hydrogens (primary N) is 1. The highest BCUT2D eigenvalue weighted by Crippen LogP contribution is 2.46. The van der Waals surface area contributed by atoms with Gasteiger partial charge in [-0.2, -0.15) is 0 Å². The second-order valence-electron chi connectivity index (χ2n) is 7.95. The van der Waals surface area contributed by atoms with Crippen molar-refractivity contribution in [1.29, 1.82) is 0 Å². The highest BCUT2D eigenvalue weighted by molar-refractivity contribution is 5.02. The van der Waals surface area contributed by atoms with Gasteiger partial charge in [0.05, 0.1) is 12.2 Å². The van der Waals surface area contributed by atoms with Crippen molar-refractivity contribution in [2.24, 2.45) is 17.1 Å². The van der Waals surface area contributed by atoms with Gasteiger partial charge in [0.25, 0.3) is 0 Å². The Labute approximate surface area is 118 Å². The zero-order chi connectivity index (χ0) is 14.3. The molecule has 2 rings (SSSR count). The summed E-state index contributed by atoms with van der Waals surface area (Å²) in [5.41, 5.74) is 6.85. The molecule has 0 spiro atoms. The van der Waals surface area contributed by atoms with Gasteiger partial charge in [-0.3, -0.25) is 4.90 Å². The molecule has 0 amide bonds. The van der Waals surface area contributed by atoms with Gasteiger partial charge in [0.1, 0.15) is 0 Å².